The molecule has 0 aliphatic carbocycles. The zero-order valence-corrected chi connectivity index (χ0v) is 26.0. The molecule has 6 aromatic rings. The van der Waals surface area contributed by atoms with Crippen molar-refractivity contribution in [2.24, 2.45) is 0 Å². The molecule has 0 N–H and O–H groups in total. The molecule has 4 aromatic carbocycles. The zero-order valence-electron chi connectivity index (χ0n) is 26.0. The molecule has 5 nitrogen and oxygen atoms in total. The van der Waals surface area contributed by atoms with E-state index in [1.165, 1.54) is 22.3 Å². The van der Waals surface area contributed by atoms with Gasteiger partial charge in [-0.3, -0.25) is 0 Å². The maximum absolute atomic E-state index is 6.16. The van der Waals surface area contributed by atoms with Crippen LogP contribution in [0.15, 0.2) is 121 Å². The highest BCUT2D eigenvalue weighted by atomic mass is 16.5. The molecule has 5 heteroatoms. The first-order valence-electron chi connectivity index (χ1n) is 15.6. The Morgan fingerprint density at radius 3 is 1.27 bits per heavy atom. The Balaban J connectivity index is 1.14. The normalized spacial score (nSPS) is 11.1. The summed E-state index contributed by atoms with van der Waals surface area (Å²) < 4.78 is 6.16. The van der Waals surface area contributed by atoms with Gasteiger partial charge in [0.15, 0.2) is 0 Å². The molecule has 45 heavy (non-hydrogen) atoms. The Labute approximate surface area is 266 Å². The van der Waals surface area contributed by atoms with Crippen LogP contribution in [0.3, 0.4) is 0 Å². The summed E-state index contributed by atoms with van der Waals surface area (Å²) in [6, 6.07) is 42.0. The fourth-order valence-corrected chi connectivity index (χ4v) is 5.28. The Kier molecular flexibility index (Phi) is 9.78. The minimum absolute atomic E-state index is 0.571. The van der Waals surface area contributed by atoms with Crippen LogP contribution in [0.1, 0.15) is 45.3 Å². The summed E-state index contributed by atoms with van der Waals surface area (Å²) in [6.45, 7) is 5.34. The monoisotopic (exact) mass is 590 g/mol. The smallest absolute Gasteiger partial charge is 0.133 e. The number of aromatic nitrogens is 4. The molecule has 224 valence electrons. The molecule has 0 saturated carbocycles. The van der Waals surface area contributed by atoms with Crippen molar-refractivity contribution in [3.63, 3.8) is 0 Å². The summed E-state index contributed by atoms with van der Waals surface area (Å²) in [5, 5.41) is 0. The lowest BCUT2D eigenvalue weighted by atomic mass is 10.1. The maximum atomic E-state index is 6.16. The fourth-order valence-electron chi connectivity index (χ4n) is 5.28. The molecule has 0 atom stereocenters. The summed E-state index contributed by atoms with van der Waals surface area (Å²) in [6.07, 6.45) is 2.80. The summed E-state index contributed by atoms with van der Waals surface area (Å²) >= 11 is 0. The molecule has 6 rings (SSSR count). The summed E-state index contributed by atoms with van der Waals surface area (Å²) in [4.78, 5) is 19.7. The molecule has 0 amide bonds. The van der Waals surface area contributed by atoms with Gasteiger partial charge in [0.25, 0.3) is 0 Å². The van der Waals surface area contributed by atoms with Crippen LogP contribution < -0.4 is 0 Å². The van der Waals surface area contributed by atoms with Crippen LogP contribution in [0.2, 0.25) is 0 Å². The van der Waals surface area contributed by atoms with Crippen LogP contribution in [0.4, 0.5) is 0 Å². The molecule has 2 heterocycles. The number of rotatable bonds is 12. The maximum Gasteiger partial charge on any atom is 0.133 e. The average Bonchev–Trinajstić information content (AvgIpc) is 3.06. The number of aryl methyl sites for hydroxylation is 2. The van der Waals surface area contributed by atoms with Gasteiger partial charge in [-0.2, -0.15) is 0 Å². The average molecular weight is 591 g/mol. The van der Waals surface area contributed by atoms with Crippen LogP contribution in [0, 0.1) is 13.8 Å². The van der Waals surface area contributed by atoms with E-state index in [9.17, 15) is 0 Å². The summed E-state index contributed by atoms with van der Waals surface area (Å²) in [7, 11) is 0. The SMILES string of the molecule is Cc1ccc(-c2cc(CCOCCc3cc(-c4ccc(C)cc4)nc(Cc4ccccc4)n3)nc(Cc3ccccc3)n2)cc1. The van der Waals surface area contributed by atoms with Gasteiger partial charge in [-0.15, -0.1) is 0 Å². The topological polar surface area (TPSA) is 60.8 Å². The van der Waals surface area contributed by atoms with Crippen molar-refractivity contribution in [3.05, 3.63) is 167 Å². The van der Waals surface area contributed by atoms with Crippen molar-refractivity contribution in [2.75, 3.05) is 13.2 Å². The van der Waals surface area contributed by atoms with E-state index in [1.54, 1.807) is 0 Å². The lowest BCUT2D eigenvalue weighted by Gasteiger charge is -2.11. The Morgan fingerprint density at radius 1 is 0.467 bits per heavy atom. The highest BCUT2D eigenvalue weighted by molar-refractivity contribution is 5.60. The second-order valence-electron chi connectivity index (χ2n) is 11.5. The molecule has 2 aromatic heterocycles. The third-order valence-electron chi connectivity index (χ3n) is 7.76. The highest BCUT2D eigenvalue weighted by Crippen LogP contribution is 2.22. The Morgan fingerprint density at radius 2 is 0.867 bits per heavy atom. The van der Waals surface area contributed by atoms with E-state index in [4.69, 9.17) is 24.7 Å². The van der Waals surface area contributed by atoms with Crippen molar-refractivity contribution in [3.8, 4) is 22.5 Å². The molecule has 0 aliphatic rings. The van der Waals surface area contributed by atoms with Crippen molar-refractivity contribution >= 4 is 0 Å². The van der Waals surface area contributed by atoms with Gasteiger partial charge in [0.1, 0.15) is 11.6 Å². The minimum atomic E-state index is 0.571. The number of hydrogen-bond donors (Lipinski definition) is 0. The number of benzene rings is 4. The van der Waals surface area contributed by atoms with Crippen molar-refractivity contribution in [1.82, 2.24) is 19.9 Å². The summed E-state index contributed by atoms with van der Waals surface area (Å²) in [5.74, 6) is 1.65. The number of hydrogen-bond acceptors (Lipinski definition) is 5. The van der Waals surface area contributed by atoms with E-state index >= 15 is 0 Å². The molecule has 0 radical (unpaired) electrons. The first-order valence-corrected chi connectivity index (χ1v) is 15.6. The minimum Gasteiger partial charge on any atom is -0.381 e. The second-order valence-corrected chi connectivity index (χ2v) is 11.5. The van der Waals surface area contributed by atoms with E-state index in [2.05, 4.69) is 123 Å². The lowest BCUT2D eigenvalue weighted by molar-refractivity contribution is 0.139. The van der Waals surface area contributed by atoms with Crippen LogP contribution in [-0.4, -0.2) is 33.1 Å². The van der Waals surface area contributed by atoms with E-state index in [-0.39, 0.29) is 0 Å². The van der Waals surface area contributed by atoms with Crippen LogP contribution in [-0.2, 0) is 30.4 Å². The first-order chi connectivity index (χ1) is 22.1. The standard InChI is InChI=1S/C40H38N4O/c1-29-13-17-33(18-14-29)37-27-35(41-39(43-37)25-31-9-5-3-6-10-31)21-23-45-24-22-36-28-38(34-19-15-30(2)16-20-34)44-40(42-36)26-32-11-7-4-8-12-32/h3-20,27-28H,21-26H2,1-2H3. The third-order valence-corrected chi connectivity index (χ3v) is 7.76. The Bertz CT molecular complexity index is 1680. The predicted molar refractivity (Wildman–Crippen MR) is 181 cm³/mol. The van der Waals surface area contributed by atoms with Gasteiger partial charge in [-0.1, -0.05) is 120 Å². The molecule has 0 bridgehead atoms. The van der Waals surface area contributed by atoms with Crippen LogP contribution >= 0.6 is 0 Å². The number of nitrogens with zero attached hydrogens (tertiary/aromatic N) is 4. The largest absolute Gasteiger partial charge is 0.381 e. The number of ether oxygens (including phenoxy) is 1. The van der Waals surface area contributed by atoms with E-state index in [0.717, 1.165) is 45.6 Å². The van der Waals surface area contributed by atoms with Crippen molar-refractivity contribution in [1.29, 1.82) is 0 Å². The van der Waals surface area contributed by atoms with E-state index < -0.39 is 0 Å². The van der Waals surface area contributed by atoms with Crippen LogP contribution in [0.25, 0.3) is 22.5 Å². The molecule has 0 spiro atoms. The molecule has 0 unspecified atom stereocenters. The fraction of sp³-hybridized carbons (Fsp3) is 0.200. The molecule has 0 aliphatic heterocycles. The summed E-state index contributed by atoms with van der Waals surface area (Å²) in [5.41, 5.74) is 10.9. The van der Waals surface area contributed by atoms with Gasteiger partial charge < -0.3 is 4.74 Å². The highest BCUT2D eigenvalue weighted by Gasteiger charge is 2.11. The van der Waals surface area contributed by atoms with Gasteiger partial charge in [0.2, 0.25) is 0 Å². The van der Waals surface area contributed by atoms with Gasteiger partial charge in [0.05, 0.1) is 24.6 Å². The lowest BCUT2D eigenvalue weighted by Crippen LogP contribution is -2.09. The van der Waals surface area contributed by atoms with Gasteiger partial charge in [-0.25, -0.2) is 19.9 Å². The molecular weight excluding hydrogens is 552 g/mol. The predicted octanol–water partition coefficient (Wildman–Crippen LogP) is 8.20. The van der Waals surface area contributed by atoms with E-state index in [1.807, 2.05) is 12.1 Å². The molecule has 0 fully saturated rings. The zero-order chi connectivity index (χ0) is 30.8. The van der Waals surface area contributed by atoms with Crippen LogP contribution in [0.5, 0.6) is 0 Å². The Hall–Kier alpha value is -5.00. The van der Waals surface area contributed by atoms with Crippen molar-refractivity contribution in [2.45, 2.75) is 39.5 Å². The van der Waals surface area contributed by atoms with E-state index in [0.29, 0.717) is 38.9 Å². The molecular formula is C40H38N4O. The van der Waals surface area contributed by atoms with Gasteiger partial charge in [-0.05, 0) is 37.1 Å². The molecule has 0 saturated heterocycles. The first kappa shape index (κ1) is 30.0. The second kappa shape index (κ2) is 14.7. The van der Waals surface area contributed by atoms with Gasteiger partial charge in [0, 0.05) is 48.2 Å². The third kappa shape index (κ3) is 8.55. The van der Waals surface area contributed by atoms with Crippen molar-refractivity contribution < 1.29 is 4.74 Å². The van der Waals surface area contributed by atoms with Gasteiger partial charge >= 0.3 is 0 Å². The quantitative estimate of drug-likeness (QED) is 0.135.